The van der Waals surface area contributed by atoms with Gasteiger partial charge in [0, 0.05) is 27.5 Å². The van der Waals surface area contributed by atoms with Crippen molar-refractivity contribution in [3.63, 3.8) is 0 Å². The Balaban J connectivity index is 1.99. The molecule has 1 aliphatic carbocycles. The van der Waals surface area contributed by atoms with E-state index in [1.165, 1.54) is 12.8 Å². The van der Waals surface area contributed by atoms with Crippen molar-refractivity contribution >= 4 is 16.5 Å². The largest absolute Gasteiger partial charge is 0.399 e. The van der Waals surface area contributed by atoms with E-state index >= 15 is 0 Å². The summed E-state index contributed by atoms with van der Waals surface area (Å²) in [4.78, 5) is 0. The van der Waals surface area contributed by atoms with Gasteiger partial charge in [0.05, 0.1) is 0 Å². The van der Waals surface area contributed by atoms with E-state index in [1.54, 1.807) is 0 Å². The van der Waals surface area contributed by atoms with Crippen LogP contribution in [-0.2, 0) is 16.6 Å². The summed E-state index contributed by atoms with van der Waals surface area (Å²) in [5.74, 6) is 0.662. The lowest BCUT2D eigenvalue weighted by Crippen LogP contribution is -2.12. The van der Waals surface area contributed by atoms with Crippen LogP contribution in [-0.4, -0.2) is 9.46 Å². The molecule has 1 aliphatic rings. The normalized spacial score (nSPS) is 19.2. The average molecular weight is 223 g/mol. The van der Waals surface area contributed by atoms with Crippen LogP contribution in [0.3, 0.4) is 0 Å². The summed E-state index contributed by atoms with van der Waals surface area (Å²) < 4.78 is 12.0. The fourth-order valence-electron chi connectivity index (χ4n) is 2.12. The van der Waals surface area contributed by atoms with Gasteiger partial charge in [0.2, 0.25) is 0 Å². The van der Waals surface area contributed by atoms with Crippen molar-refractivity contribution in [2.45, 2.75) is 36.7 Å². The molecule has 2 nitrogen and oxygen atoms in total. The SMILES string of the molecule is Nc1cccc(CS(=O)C2CCCC2)c1. The zero-order valence-electron chi connectivity index (χ0n) is 8.82. The molecule has 15 heavy (non-hydrogen) atoms. The van der Waals surface area contributed by atoms with E-state index in [0.29, 0.717) is 11.0 Å². The number of nitrogens with two attached hydrogens (primary N) is 1. The lowest BCUT2D eigenvalue weighted by molar-refractivity contribution is 0.668. The van der Waals surface area contributed by atoms with Crippen molar-refractivity contribution in [1.29, 1.82) is 0 Å². The third-order valence-electron chi connectivity index (χ3n) is 2.93. The van der Waals surface area contributed by atoms with E-state index < -0.39 is 10.8 Å². The molecule has 0 heterocycles. The monoisotopic (exact) mass is 223 g/mol. The van der Waals surface area contributed by atoms with E-state index in [1.807, 2.05) is 24.3 Å². The first kappa shape index (κ1) is 10.7. The van der Waals surface area contributed by atoms with Gasteiger partial charge >= 0.3 is 0 Å². The third-order valence-corrected chi connectivity index (χ3v) is 4.77. The second-order valence-electron chi connectivity index (χ2n) is 4.18. The Morgan fingerprint density at radius 3 is 2.73 bits per heavy atom. The standard InChI is InChI=1S/C12H17NOS/c13-11-5-3-4-10(8-11)9-15(14)12-6-1-2-7-12/h3-5,8,12H,1-2,6-7,9,13H2. The maximum Gasteiger partial charge on any atom is 0.0489 e. The number of hydrogen-bond acceptors (Lipinski definition) is 2. The lowest BCUT2D eigenvalue weighted by atomic mass is 10.2. The van der Waals surface area contributed by atoms with Crippen LogP contribution >= 0.6 is 0 Å². The predicted molar refractivity (Wildman–Crippen MR) is 65.0 cm³/mol. The molecule has 1 saturated carbocycles. The van der Waals surface area contributed by atoms with Gasteiger partial charge in [0.15, 0.2) is 0 Å². The summed E-state index contributed by atoms with van der Waals surface area (Å²) in [5, 5.41) is 0.423. The fourth-order valence-corrected chi connectivity index (χ4v) is 3.72. The molecule has 3 heteroatoms. The fraction of sp³-hybridized carbons (Fsp3) is 0.500. The van der Waals surface area contributed by atoms with E-state index in [4.69, 9.17) is 5.73 Å². The van der Waals surface area contributed by atoms with Crippen molar-refractivity contribution in [1.82, 2.24) is 0 Å². The van der Waals surface area contributed by atoms with Gasteiger partial charge in [-0.1, -0.05) is 25.0 Å². The quantitative estimate of drug-likeness (QED) is 0.800. The second kappa shape index (κ2) is 4.79. The first-order chi connectivity index (χ1) is 7.25. The van der Waals surface area contributed by atoms with Crippen molar-refractivity contribution < 1.29 is 4.21 Å². The highest BCUT2D eigenvalue weighted by Gasteiger charge is 2.21. The summed E-state index contributed by atoms with van der Waals surface area (Å²) in [5.41, 5.74) is 7.55. The predicted octanol–water partition coefficient (Wildman–Crippen LogP) is 2.46. The van der Waals surface area contributed by atoms with Gasteiger partial charge in [0.1, 0.15) is 0 Å². The van der Waals surface area contributed by atoms with Crippen molar-refractivity contribution in [3.05, 3.63) is 29.8 Å². The molecule has 1 aromatic rings. The van der Waals surface area contributed by atoms with Gasteiger partial charge in [0.25, 0.3) is 0 Å². The highest BCUT2D eigenvalue weighted by molar-refractivity contribution is 7.84. The average Bonchev–Trinajstić information content (AvgIpc) is 2.70. The van der Waals surface area contributed by atoms with Gasteiger partial charge in [-0.15, -0.1) is 0 Å². The van der Waals surface area contributed by atoms with E-state index in [9.17, 15) is 4.21 Å². The molecule has 0 spiro atoms. The zero-order valence-corrected chi connectivity index (χ0v) is 9.63. The zero-order chi connectivity index (χ0) is 10.7. The topological polar surface area (TPSA) is 43.1 Å². The van der Waals surface area contributed by atoms with Crippen LogP contribution < -0.4 is 5.73 Å². The van der Waals surface area contributed by atoms with Crippen LogP contribution in [0.1, 0.15) is 31.2 Å². The molecule has 1 fully saturated rings. The Hall–Kier alpha value is -0.830. The molecule has 0 aromatic heterocycles. The highest BCUT2D eigenvalue weighted by atomic mass is 32.2. The highest BCUT2D eigenvalue weighted by Crippen LogP contribution is 2.24. The maximum atomic E-state index is 12.0. The van der Waals surface area contributed by atoms with Crippen molar-refractivity contribution in [2.75, 3.05) is 5.73 Å². The number of nitrogen functional groups attached to an aromatic ring is 1. The molecule has 82 valence electrons. The molecule has 1 atom stereocenters. The molecule has 0 amide bonds. The molecule has 1 unspecified atom stereocenters. The number of anilines is 1. The molecule has 1 aromatic carbocycles. The minimum Gasteiger partial charge on any atom is -0.399 e. The van der Waals surface area contributed by atoms with E-state index in [-0.39, 0.29) is 0 Å². The third kappa shape index (κ3) is 2.81. The van der Waals surface area contributed by atoms with Gasteiger partial charge in [-0.3, -0.25) is 4.21 Å². The number of hydrogen-bond donors (Lipinski definition) is 1. The molecule has 0 saturated heterocycles. The van der Waals surface area contributed by atoms with Crippen LogP contribution in [0.25, 0.3) is 0 Å². The van der Waals surface area contributed by atoms with Crippen molar-refractivity contribution in [3.8, 4) is 0 Å². The molecule has 2 N–H and O–H groups in total. The summed E-state index contributed by atoms with van der Waals surface area (Å²) in [6, 6.07) is 7.72. The van der Waals surface area contributed by atoms with E-state index in [2.05, 4.69) is 0 Å². The molecular formula is C12H17NOS. The summed E-state index contributed by atoms with van der Waals surface area (Å²) in [6.07, 6.45) is 4.75. The number of benzene rings is 1. The van der Waals surface area contributed by atoms with Crippen LogP contribution in [0, 0.1) is 0 Å². The molecule has 2 rings (SSSR count). The van der Waals surface area contributed by atoms with Gasteiger partial charge < -0.3 is 5.73 Å². The van der Waals surface area contributed by atoms with Gasteiger partial charge in [-0.2, -0.15) is 0 Å². The first-order valence-corrected chi connectivity index (χ1v) is 6.85. The van der Waals surface area contributed by atoms with Gasteiger partial charge in [-0.25, -0.2) is 0 Å². The summed E-state index contributed by atoms with van der Waals surface area (Å²) in [7, 11) is -0.710. The molecular weight excluding hydrogens is 206 g/mol. The molecule has 0 radical (unpaired) electrons. The Kier molecular flexibility index (Phi) is 3.41. The van der Waals surface area contributed by atoms with Crippen LogP contribution in [0.4, 0.5) is 5.69 Å². The van der Waals surface area contributed by atoms with Crippen molar-refractivity contribution in [2.24, 2.45) is 0 Å². The minimum atomic E-state index is -0.710. The summed E-state index contributed by atoms with van der Waals surface area (Å²) in [6.45, 7) is 0. The second-order valence-corrected chi connectivity index (χ2v) is 5.89. The van der Waals surface area contributed by atoms with E-state index in [0.717, 1.165) is 24.1 Å². The maximum absolute atomic E-state index is 12.0. The van der Waals surface area contributed by atoms with Crippen LogP contribution in [0.2, 0.25) is 0 Å². The smallest absolute Gasteiger partial charge is 0.0489 e. The van der Waals surface area contributed by atoms with Gasteiger partial charge in [-0.05, 0) is 30.5 Å². The Morgan fingerprint density at radius 2 is 2.07 bits per heavy atom. The summed E-state index contributed by atoms with van der Waals surface area (Å²) >= 11 is 0. The molecule has 0 aliphatic heterocycles. The Labute approximate surface area is 93.3 Å². The molecule has 0 bridgehead atoms. The lowest BCUT2D eigenvalue weighted by Gasteiger charge is -2.09. The number of rotatable bonds is 3. The van der Waals surface area contributed by atoms with Crippen LogP contribution in [0.15, 0.2) is 24.3 Å². The Morgan fingerprint density at radius 1 is 1.33 bits per heavy atom. The first-order valence-electron chi connectivity index (χ1n) is 5.47. The van der Waals surface area contributed by atoms with Crippen LogP contribution in [0.5, 0.6) is 0 Å². The Bertz CT molecular complexity index is 358. The minimum absolute atomic E-state index is 0.423.